The summed E-state index contributed by atoms with van der Waals surface area (Å²) in [5.41, 5.74) is 1.45. The second-order valence-corrected chi connectivity index (χ2v) is 4.13. The summed E-state index contributed by atoms with van der Waals surface area (Å²) < 4.78 is 0. The molecule has 0 saturated heterocycles. The van der Waals surface area contributed by atoms with Gasteiger partial charge in [-0.25, -0.2) is 0 Å². The minimum Gasteiger partial charge on any atom is -0.179 e. The summed E-state index contributed by atoms with van der Waals surface area (Å²) >= 11 is 4.33. The second-order valence-electron chi connectivity index (χ2n) is 3.77. The number of rotatable bonds is 2. The zero-order chi connectivity index (χ0) is 8.27. The molecule has 64 valence electrons. The van der Waals surface area contributed by atoms with Crippen molar-refractivity contribution < 1.29 is 0 Å². The van der Waals surface area contributed by atoms with E-state index < -0.39 is 0 Å². The van der Waals surface area contributed by atoms with Crippen molar-refractivity contribution in [3.8, 4) is 0 Å². The lowest BCUT2D eigenvalue weighted by Gasteiger charge is -2.27. The Labute approximate surface area is 75.5 Å². The third-order valence-electron chi connectivity index (χ3n) is 2.75. The largest absolute Gasteiger partial charge is 0.179 e. The van der Waals surface area contributed by atoms with Gasteiger partial charge in [-0.1, -0.05) is 19.1 Å². The molecule has 0 aliphatic heterocycles. The predicted octanol–water partition coefficient (Wildman–Crippen LogP) is 3.30. The molecular formula is C10H18S. The molecule has 0 N–H and O–H groups in total. The van der Waals surface area contributed by atoms with E-state index in [1.807, 2.05) is 0 Å². The van der Waals surface area contributed by atoms with Gasteiger partial charge in [0.05, 0.1) is 0 Å². The first-order chi connectivity index (χ1) is 5.24. The molecule has 1 saturated carbocycles. The van der Waals surface area contributed by atoms with E-state index >= 15 is 0 Å². The summed E-state index contributed by atoms with van der Waals surface area (Å²) in [6.07, 6.45) is 5.25. The minimum absolute atomic E-state index is 0.774. The van der Waals surface area contributed by atoms with Crippen molar-refractivity contribution in [3.63, 3.8) is 0 Å². The highest BCUT2D eigenvalue weighted by atomic mass is 32.1. The Bertz CT molecular complexity index is 140. The summed E-state index contributed by atoms with van der Waals surface area (Å²) in [6.45, 7) is 6.36. The van der Waals surface area contributed by atoms with Gasteiger partial charge < -0.3 is 0 Å². The standard InChI is InChI=1S/C10H18S/c1-8-4-3-5-10(6-8)9(2)7-11/h9-11H,1,3-7H2,2H3. The van der Waals surface area contributed by atoms with Gasteiger partial charge in [-0.15, -0.1) is 0 Å². The van der Waals surface area contributed by atoms with Crippen molar-refractivity contribution in [2.24, 2.45) is 11.8 Å². The van der Waals surface area contributed by atoms with Crippen molar-refractivity contribution in [1.29, 1.82) is 0 Å². The van der Waals surface area contributed by atoms with Crippen LogP contribution >= 0.6 is 12.6 Å². The number of hydrogen-bond acceptors (Lipinski definition) is 1. The monoisotopic (exact) mass is 170 g/mol. The van der Waals surface area contributed by atoms with Gasteiger partial charge in [-0.05, 0) is 43.3 Å². The summed E-state index contributed by atoms with van der Waals surface area (Å²) in [6, 6.07) is 0. The fourth-order valence-electron chi connectivity index (χ4n) is 1.82. The van der Waals surface area contributed by atoms with Crippen molar-refractivity contribution in [2.75, 3.05) is 5.75 Å². The second kappa shape index (κ2) is 4.20. The highest BCUT2D eigenvalue weighted by molar-refractivity contribution is 7.80. The van der Waals surface area contributed by atoms with Gasteiger partial charge >= 0.3 is 0 Å². The molecule has 0 spiro atoms. The smallest absolute Gasteiger partial charge is 0.00694 e. The Kier molecular flexibility index (Phi) is 3.50. The molecule has 0 nitrogen and oxygen atoms in total. The molecule has 0 radical (unpaired) electrons. The van der Waals surface area contributed by atoms with Gasteiger partial charge in [-0.2, -0.15) is 12.6 Å². The van der Waals surface area contributed by atoms with Crippen molar-refractivity contribution in [2.45, 2.75) is 32.6 Å². The maximum atomic E-state index is 4.33. The average molecular weight is 170 g/mol. The summed E-state index contributed by atoms with van der Waals surface area (Å²) in [5.74, 6) is 2.67. The van der Waals surface area contributed by atoms with Gasteiger partial charge in [-0.3, -0.25) is 0 Å². The van der Waals surface area contributed by atoms with Crippen LogP contribution < -0.4 is 0 Å². The predicted molar refractivity (Wildman–Crippen MR) is 54.1 cm³/mol. The molecule has 1 fully saturated rings. The van der Waals surface area contributed by atoms with Crippen molar-refractivity contribution in [3.05, 3.63) is 12.2 Å². The van der Waals surface area contributed by atoms with Gasteiger partial charge in [0.2, 0.25) is 0 Å². The molecule has 1 aliphatic rings. The molecule has 1 aliphatic carbocycles. The lowest BCUT2D eigenvalue weighted by atomic mass is 9.80. The van der Waals surface area contributed by atoms with Crippen molar-refractivity contribution >= 4 is 12.6 Å². The zero-order valence-corrected chi connectivity index (χ0v) is 8.24. The molecule has 1 heteroatoms. The molecule has 0 amide bonds. The van der Waals surface area contributed by atoms with Crippen LogP contribution in [0.25, 0.3) is 0 Å². The van der Waals surface area contributed by atoms with Crippen LogP contribution in [0, 0.1) is 11.8 Å². The number of thiol groups is 1. The van der Waals surface area contributed by atoms with E-state index in [0.717, 1.165) is 17.6 Å². The molecule has 0 aromatic heterocycles. The van der Waals surface area contributed by atoms with E-state index in [1.165, 1.54) is 31.3 Å². The molecule has 11 heavy (non-hydrogen) atoms. The van der Waals surface area contributed by atoms with E-state index in [9.17, 15) is 0 Å². The first kappa shape index (κ1) is 9.18. The first-order valence-electron chi connectivity index (χ1n) is 4.51. The van der Waals surface area contributed by atoms with Crippen LogP contribution in [0.2, 0.25) is 0 Å². The fraction of sp³-hybridized carbons (Fsp3) is 0.800. The Hall–Kier alpha value is 0.0900. The summed E-state index contributed by atoms with van der Waals surface area (Å²) in [7, 11) is 0. The highest BCUT2D eigenvalue weighted by Gasteiger charge is 2.20. The fourth-order valence-corrected chi connectivity index (χ4v) is 2.12. The molecule has 2 atom stereocenters. The van der Waals surface area contributed by atoms with Crippen LogP contribution in [0.4, 0.5) is 0 Å². The molecule has 0 heterocycles. The van der Waals surface area contributed by atoms with Crippen LogP contribution in [0.3, 0.4) is 0 Å². The molecular weight excluding hydrogens is 152 g/mol. The zero-order valence-electron chi connectivity index (χ0n) is 7.34. The summed E-state index contributed by atoms with van der Waals surface area (Å²) in [4.78, 5) is 0. The average Bonchev–Trinajstić information content (AvgIpc) is 2.03. The van der Waals surface area contributed by atoms with E-state index in [0.29, 0.717) is 0 Å². The van der Waals surface area contributed by atoms with E-state index in [2.05, 4.69) is 26.1 Å². The van der Waals surface area contributed by atoms with Gasteiger partial charge in [0.25, 0.3) is 0 Å². The van der Waals surface area contributed by atoms with Crippen LogP contribution in [0.15, 0.2) is 12.2 Å². The minimum atomic E-state index is 0.774. The summed E-state index contributed by atoms with van der Waals surface area (Å²) in [5, 5.41) is 0. The molecule has 1 rings (SSSR count). The maximum absolute atomic E-state index is 4.33. The number of hydrogen-bond donors (Lipinski definition) is 1. The van der Waals surface area contributed by atoms with E-state index in [4.69, 9.17) is 0 Å². The molecule has 0 aromatic carbocycles. The molecule has 2 unspecified atom stereocenters. The van der Waals surface area contributed by atoms with E-state index in [-0.39, 0.29) is 0 Å². The third-order valence-corrected chi connectivity index (χ3v) is 3.32. The van der Waals surface area contributed by atoms with Gasteiger partial charge in [0.1, 0.15) is 0 Å². The number of allylic oxidation sites excluding steroid dienone is 1. The third kappa shape index (κ3) is 2.55. The SMILES string of the molecule is C=C1CCCC(C(C)CS)C1. The first-order valence-corrected chi connectivity index (χ1v) is 5.14. The van der Waals surface area contributed by atoms with Crippen LogP contribution in [-0.4, -0.2) is 5.75 Å². The lowest BCUT2D eigenvalue weighted by Crippen LogP contribution is -2.17. The van der Waals surface area contributed by atoms with Crippen LogP contribution in [0.1, 0.15) is 32.6 Å². The molecule has 0 bridgehead atoms. The molecule has 0 aromatic rings. The lowest BCUT2D eigenvalue weighted by molar-refractivity contribution is 0.325. The topological polar surface area (TPSA) is 0 Å². The van der Waals surface area contributed by atoms with Crippen molar-refractivity contribution in [1.82, 2.24) is 0 Å². The Balaban J connectivity index is 2.39. The normalized spacial score (nSPS) is 28.5. The van der Waals surface area contributed by atoms with E-state index in [1.54, 1.807) is 0 Å². The Morgan fingerprint density at radius 1 is 1.73 bits per heavy atom. The van der Waals surface area contributed by atoms with Crippen LogP contribution in [0.5, 0.6) is 0 Å². The Morgan fingerprint density at radius 3 is 3.00 bits per heavy atom. The van der Waals surface area contributed by atoms with Gasteiger partial charge in [0.15, 0.2) is 0 Å². The van der Waals surface area contributed by atoms with Crippen LogP contribution in [-0.2, 0) is 0 Å². The highest BCUT2D eigenvalue weighted by Crippen LogP contribution is 2.32. The Morgan fingerprint density at radius 2 is 2.45 bits per heavy atom. The van der Waals surface area contributed by atoms with Gasteiger partial charge in [0, 0.05) is 0 Å². The quantitative estimate of drug-likeness (QED) is 0.477. The maximum Gasteiger partial charge on any atom is -0.00694 e.